The average Bonchev–Trinajstić information content (AvgIpc) is 3.32. The number of halogens is 1. The Hall–Kier alpha value is -2.28. The van der Waals surface area contributed by atoms with Crippen LogP contribution in [0.15, 0.2) is 36.9 Å². The van der Waals surface area contributed by atoms with Gasteiger partial charge in [-0.3, -0.25) is 14.4 Å². The van der Waals surface area contributed by atoms with Crippen molar-refractivity contribution in [1.82, 2.24) is 24.6 Å². The molecule has 1 atom stereocenters. The number of benzene rings is 1. The summed E-state index contributed by atoms with van der Waals surface area (Å²) in [5.74, 6) is 0.0575. The smallest absolute Gasteiger partial charge is 0.224 e. The van der Waals surface area contributed by atoms with Crippen LogP contribution in [0.3, 0.4) is 0 Å². The molecule has 2 aromatic rings. The van der Waals surface area contributed by atoms with Gasteiger partial charge in [-0.25, -0.2) is 9.37 Å². The van der Waals surface area contributed by atoms with Gasteiger partial charge in [0.2, 0.25) is 5.91 Å². The van der Waals surface area contributed by atoms with Crippen molar-refractivity contribution in [3.05, 3.63) is 48.3 Å². The highest BCUT2D eigenvalue weighted by atomic mass is 19.1. The monoisotopic (exact) mass is 371 g/mol. The van der Waals surface area contributed by atoms with Crippen LogP contribution in [0.25, 0.3) is 0 Å². The van der Waals surface area contributed by atoms with Crippen molar-refractivity contribution in [2.75, 3.05) is 26.2 Å². The van der Waals surface area contributed by atoms with Gasteiger partial charge < -0.3 is 4.90 Å². The Labute approximate surface area is 159 Å². The van der Waals surface area contributed by atoms with E-state index < -0.39 is 0 Å². The van der Waals surface area contributed by atoms with E-state index in [-0.39, 0.29) is 17.1 Å². The Bertz CT molecular complexity index is 780. The first-order chi connectivity index (χ1) is 13.1. The number of aromatic nitrogens is 3. The zero-order valence-electron chi connectivity index (χ0n) is 15.6. The van der Waals surface area contributed by atoms with Crippen molar-refractivity contribution in [1.29, 1.82) is 0 Å². The largest absolute Gasteiger partial charge is 0.342 e. The first-order valence-electron chi connectivity index (χ1n) is 9.70. The lowest BCUT2D eigenvalue weighted by Gasteiger charge is -2.40. The number of likely N-dealkylation sites (tertiary alicyclic amines) is 2. The third kappa shape index (κ3) is 4.18. The Balaban J connectivity index is 1.33. The summed E-state index contributed by atoms with van der Waals surface area (Å²) in [6.45, 7) is 4.79. The molecule has 1 aromatic heterocycles. The van der Waals surface area contributed by atoms with Crippen LogP contribution in [0, 0.1) is 11.2 Å². The maximum absolute atomic E-state index is 14.0. The molecule has 0 saturated carbocycles. The second-order valence-corrected chi connectivity index (χ2v) is 7.88. The van der Waals surface area contributed by atoms with E-state index in [9.17, 15) is 9.18 Å². The maximum atomic E-state index is 14.0. The van der Waals surface area contributed by atoms with E-state index in [4.69, 9.17) is 0 Å². The van der Waals surface area contributed by atoms with Crippen molar-refractivity contribution in [2.24, 2.45) is 5.41 Å². The third-order valence-electron chi connectivity index (χ3n) is 5.90. The lowest BCUT2D eigenvalue weighted by molar-refractivity contribution is -0.131. The fourth-order valence-corrected chi connectivity index (χ4v) is 4.51. The highest BCUT2D eigenvalue weighted by molar-refractivity contribution is 5.76. The van der Waals surface area contributed by atoms with E-state index >= 15 is 0 Å². The molecule has 0 radical (unpaired) electrons. The quantitative estimate of drug-likeness (QED) is 0.809. The molecule has 27 heavy (non-hydrogen) atoms. The second-order valence-electron chi connectivity index (χ2n) is 7.88. The molecule has 144 valence electrons. The van der Waals surface area contributed by atoms with E-state index in [2.05, 4.69) is 15.0 Å². The van der Waals surface area contributed by atoms with Gasteiger partial charge in [0.15, 0.2) is 0 Å². The molecular formula is C20H26FN5O. The predicted molar refractivity (Wildman–Crippen MR) is 99.2 cm³/mol. The van der Waals surface area contributed by atoms with Gasteiger partial charge in [-0.05, 0) is 31.9 Å². The topological polar surface area (TPSA) is 54.3 Å². The number of amides is 1. The van der Waals surface area contributed by atoms with Crippen molar-refractivity contribution < 1.29 is 9.18 Å². The van der Waals surface area contributed by atoms with Crippen molar-refractivity contribution in [3.8, 4) is 0 Å². The summed E-state index contributed by atoms with van der Waals surface area (Å²) in [5.41, 5.74) is 0.917. The van der Waals surface area contributed by atoms with E-state index in [0.717, 1.165) is 51.0 Å². The predicted octanol–water partition coefficient (Wildman–Crippen LogP) is 2.32. The number of aryl methyl sites for hydroxylation is 1. The highest BCUT2D eigenvalue weighted by Gasteiger charge is 2.42. The minimum atomic E-state index is -0.131. The van der Waals surface area contributed by atoms with E-state index in [1.165, 1.54) is 12.4 Å². The molecule has 7 heteroatoms. The van der Waals surface area contributed by atoms with Crippen LogP contribution in [0.1, 0.15) is 31.2 Å². The summed E-state index contributed by atoms with van der Waals surface area (Å²) in [6, 6.07) is 7.02. The fraction of sp³-hybridized carbons (Fsp3) is 0.550. The molecule has 1 spiro atoms. The van der Waals surface area contributed by atoms with Gasteiger partial charge in [-0.1, -0.05) is 18.2 Å². The maximum Gasteiger partial charge on any atom is 0.224 e. The van der Waals surface area contributed by atoms with Crippen LogP contribution in [0.2, 0.25) is 0 Å². The summed E-state index contributed by atoms with van der Waals surface area (Å²) in [7, 11) is 0. The minimum absolute atomic E-state index is 0.131. The number of carbonyl (C=O) groups is 1. The zero-order chi connectivity index (χ0) is 18.7. The molecule has 6 nitrogen and oxygen atoms in total. The van der Waals surface area contributed by atoms with Crippen LogP contribution in [-0.2, 0) is 17.9 Å². The lowest BCUT2D eigenvalue weighted by Crippen LogP contribution is -2.45. The Kier molecular flexibility index (Phi) is 5.20. The van der Waals surface area contributed by atoms with E-state index in [0.29, 0.717) is 19.5 Å². The lowest BCUT2D eigenvalue weighted by atomic mass is 9.79. The van der Waals surface area contributed by atoms with Gasteiger partial charge in [0.1, 0.15) is 18.5 Å². The summed E-state index contributed by atoms with van der Waals surface area (Å²) in [6.07, 6.45) is 6.87. The van der Waals surface area contributed by atoms with Gasteiger partial charge in [0.25, 0.3) is 0 Å². The molecule has 2 saturated heterocycles. The van der Waals surface area contributed by atoms with Gasteiger partial charge in [0.05, 0.1) is 6.54 Å². The van der Waals surface area contributed by atoms with E-state index in [1.54, 1.807) is 17.1 Å². The molecule has 0 aliphatic carbocycles. The van der Waals surface area contributed by atoms with E-state index in [1.807, 2.05) is 17.0 Å². The van der Waals surface area contributed by atoms with Crippen LogP contribution in [0.4, 0.5) is 4.39 Å². The number of nitrogens with zero attached hydrogens (tertiary/aromatic N) is 5. The highest BCUT2D eigenvalue weighted by Crippen LogP contribution is 2.39. The number of carbonyl (C=O) groups excluding carboxylic acids is 1. The summed E-state index contributed by atoms with van der Waals surface area (Å²) < 4.78 is 15.7. The third-order valence-corrected chi connectivity index (χ3v) is 5.90. The molecule has 0 bridgehead atoms. The first kappa shape index (κ1) is 18.1. The van der Waals surface area contributed by atoms with Gasteiger partial charge in [-0.15, -0.1) is 0 Å². The Morgan fingerprint density at radius 1 is 1.19 bits per heavy atom. The molecule has 2 fully saturated rings. The van der Waals surface area contributed by atoms with Crippen molar-refractivity contribution in [3.63, 3.8) is 0 Å². The van der Waals surface area contributed by atoms with Gasteiger partial charge in [-0.2, -0.15) is 5.10 Å². The fourth-order valence-electron chi connectivity index (χ4n) is 4.51. The van der Waals surface area contributed by atoms with Crippen molar-refractivity contribution in [2.45, 2.75) is 38.8 Å². The zero-order valence-corrected chi connectivity index (χ0v) is 15.6. The second kappa shape index (κ2) is 7.76. The normalized spacial score (nSPS) is 23.2. The number of hydrogen-bond donors (Lipinski definition) is 0. The number of piperidine rings is 1. The van der Waals surface area contributed by atoms with Crippen LogP contribution in [0.5, 0.6) is 0 Å². The molecule has 1 aromatic carbocycles. The van der Waals surface area contributed by atoms with Gasteiger partial charge >= 0.3 is 0 Å². The Morgan fingerprint density at radius 2 is 2.07 bits per heavy atom. The molecule has 3 heterocycles. The molecule has 0 N–H and O–H groups in total. The number of hydrogen-bond acceptors (Lipinski definition) is 4. The molecule has 2 aliphatic rings. The SMILES string of the molecule is O=C(CCn1cncn1)N1CC[C@@]2(CCCN(Cc3ccccc3F)C2)C1. The molecule has 4 rings (SSSR count). The van der Waals surface area contributed by atoms with Crippen LogP contribution >= 0.6 is 0 Å². The summed E-state index contributed by atoms with van der Waals surface area (Å²) in [4.78, 5) is 20.9. The molecule has 1 amide bonds. The summed E-state index contributed by atoms with van der Waals surface area (Å²) in [5, 5.41) is 4.05. The minimum Gasteiger partial charge on any atom is -0.342 e. The summed E-state index contributed by atoms with van der Waals surface area (Å²) >= 11 is 0. The van der Waals surface area contributed by atoms with Crippen LogP contribution < -0.4 is 0 Å². The Morgan fingerprint density at radius 3 is 2.89 bits per heavy atom. The average molecular weight is 371 g/mol. The van der Waals surface area contributed by atoms with Gasteiger partial charge in [0, 0.05) is 43.6 Å². The molecule has 2 aliphatic heterocycles. The number of rotatable bonds is 5. The first-order valence-corrected chi connectivity index (χ1v) is 9.70. The van der Waals surface area contributed by atoms with Crippen molar-refractivity contribution >= 4 is 5.91 Å². The molecule has 0 unspecified atom stereocenters. The molecular weight excluding hydrogens is 345 g/mol. The van der Waals surface area contributed by atoms with Crippen LogP contribution in [-0.4, -0.2) is 56.7 Å². The standard InChI is InChI=1S/C20H26FN5O/c21-18-5-2-1-4-17(18)12-24-9-3-7-20(13-24)8-11-25(14-20)19(27)6-10-26-16-22-15-23-26/h1-2,4-5,15-16H,3,6-14H2/t20-/m1/s1.